The van der Waals surface area contributed by atoms with Crippen LogP contribution >= 0.6 is 23.2 Å². The number of benzene rings is 1. The number of aromatic nitrogens is 2. The molecule has 1 aromatic carbocycles. The molecule has 94 valence electrons. The molecule has 2 rings (SSSR count). The topological polar surface area (TPSA) is 73.1 Å². The molecule has 0 saturated carbocycles. The summed E-state index contributed by atoms with van der Waals surface area (Å²) in [6.07, 6.45) is 0. The third-order valence-corrected chi connectivity index (χ3v) is 2.46. The summed E-state index contributed by atoms with van der Waals surface area (Å²) in [5.41, 5.74) is 2.43. The number of hydrazine groups is 1. The van der Waals surface area contributed by atoms with Crippen molar-refractivity contribution in [1.82, 2.24) is 9.97 Å². The van der Waals surface area contributed by atoms with Crippen molar-refractivity contribution in [2.24, 2.45) is 5.84 Å². The Morgan fingerprint density at radius 3 is 2.39 bits per heavy atom. The molecule has 0 aliphatic carbocycles. The highest BCUT2D eigenvalue weighted by atomic mass is 35.5. The number of halogens is 2. The van der Waals surface area contributed by atoms with E-state index in [-0.39, 0.29) is 0 Å². The fraction of sp³-hybridized carbons (Fsp3) is 0.0909. The zero-order valence-electron chi connectivity index (χ0n) is 9.45. The van der Waals surface area contributed by atoms with Crippen molar-refractivity contribution in [2.75, 3.05) is 5.43 Å². The minimum Gasteiger partial charge on any atom is -0.439 e. The molecule has 2 aromatic rings. The third-order valence-electron chi connectivity index (χ3n) is 2.02. The van der Waals surface area contributed by atoms with Crippen LogP contribution in [0, 0.1) is 6.92 Å². The monoisotopic (exact) mass is 284 g/mol. The summed E-state index contributed by atoms with van der Waals surface area (Å²) >= 11 is 11.8. The van der Waals surface area contributed by atoms with Crippen LogP contribution in [0.1, 0.15) is 5.82 Å². The quantitative estimate of drug-likeness (QED) is 0.669. The number of hydrogen-bond acceptors (Lipinski definition) is 5. The van der Waals surface area contributed by atoms with Crippen molar-refractivity contribution in [2.45, 2.75) is 6.92 Å². The lowest BCUT2D eigenvalue weighted by Crippen LogP contribution is -2.09. The van der Waals surface area contributed by atoms with Gasteiger partial charge in [0, 0.05) is 16.1 Å². The van der Waals surface area contributed by atoms with E-state index in [9.17, 15) is 0 Å². The average molecular weight is 285 g/mol. The van der Waals surface area contributed by atoms with E-state index in [0.717, 1.165) is 0 Å². The van der Waals surface area contributed by atoms with Gasteiger partial charge in [0.1, 0.15) is 17.4 Å². The molecule has 0 bridgehead atoms. The van der Waals surface area contributed by atoms with Gasteiger partial charge in [0.05, 0.1) is 0 Å². The molecule has 0 amide bonds. The van der Waals surface area contributed by atoms with Gasteiger partial charge in [-0.3, -0.25) is 0 Å². The molecule has 18 heavy (non-hydrogen) atoms. The van der Waals surface area contributed by atoms with Crippen molar-refractivity contribution in [1.29, 1.82) is 0 Å². The summed E-state index contributed by atoms with van der Waals surface area (Å²) < 4.78 is 5.55. The van der Waals surface area contributed by atoms with Crippen molar-refractivity contribution in [3.05, 3.63) is 40.1 Å². The molecule has 5 nitrogen and oxygen atoms in total. The first-order valence-corrected chi connectivity index (χ1v) is 5.78. The SMILES string of the molecule is Cc1nc(NN)cc(Oc2cc(Cl)cc(Cl)c2)n1. The standard InChI is InChI=1S/C11H10Cl2N4O/c1-6-15-10(17-14)5-11(16-6)18-9-3-7(12)2-8(13)4-9/h2-5H,14H2,1H3,(H,15,16,17). The Labute approximate surface area is 114 Å². The maximum Gasteiger partial charge on any atom is 0.224 e. The number of hydrogen-bond donors (Lipinski definition) is 2. The van der Waals surface area contributed by atoms with Crippen LogP contribution in [0.3, 0.4) is 0 Å². The molecule has 0 spiro atoms. The molecule has 7 heteroatoms. The maximum absolute atomic E-state index is 5.88. The highest BCUT2D eigenvalue weighted by molar-refractivity contribution is 6.34. The lowest BCUT2D eigenvalue weighted by molar-refractivity contribution is 0.460. The van der Waals surface area contributed by atoms with Crippen LogP contribution in [0.2, 0.25) is 10.0 Å². The Morgan fingerprint density at radius 1 is 1.11 bits per heavy atom. The molecular weight excluding hydrogens is 275 g/mol. The predicted molar refractivity (Wildman–Crippen MR) is 71.1 cm³/mol. The highest BCUT2D eigenvalue weighted by Crippen LogP contribution is 2.28. The Kier molecular flexibility index (Phi) is 3.86. The smallest absolute Gasteiger partial charge is 0.224 e. The zero-order chi connectivity index (χ0) is 13.1. The first-order chi connectivity index (χ1) is 8.56. The molecule has 0 unspecified atom stereocenters. The minimum atomic E-state index is 0.355. The van der Waals surface area contributed by atoms with Crippen LogP contribution < -0.4 is 16.0 Å². The number of aryl methyl sites for hydroxylation is 1. The fourth-order valence-corrected chi connectivity index (χ4v) is 1.88. The van der Waals surface area contributed by atoms with Gasteiger partial charge in [-0.2, -0.15) is 4.98 Å². The molecule has 3 N–H and O–H groups in total. The summed E-state index contributed by atoms with van der Waals surface area (Å²) in [7, 11) is 0. The molecule has 0 atom stereocenters. The van der Waals surface area contributed by atoms with E-state index in [2.05, 4.69) is 15.4 Å². The van der Waals surface area contributed by atoms with E-state index < -0.39 is 0 Å². The normalized spacial score (nSPS) is 10.2. The van der Waals surface area contributed by atoms with Gasteiger partial charge in [0.15, 0.2) is 0 Å². The summed E-state index contributed by atoms with van der Waals surface area (Å²) in [6, 6.07) is 6.47. The van der Waals surface area contributed by atoms with Crippen molar-refractivity contribution in [3.63, 3.8) is 0 Å². The van der Waals surface area contributed by atoms with Gasteiger partial charge in [0.2, 0.25) is 5.88 Å². The Bertz CT molecular complexity index is 557. The van der Waals surface area contributed by atoms with Gasteiger partial charge < -0.3 is 10.2 Å². The second-order valence-corrected chi connectivity index (χ2v) is 4.36. The van der Waals surface area contributed by atoms with Gasteiger partial charge in [0.25, 0.3) is 0 Å². The number of nitrogens with zero attached hydrogens (tertiary/aromatic N) is 2. The van der Waals surface area contributed by atoms with Gasteiger partial charge in [-0.25, -0.2) is 10.8 Å². The van der Waals surface area contributed by atoms with E-state index in [0.29, 0.717) is 33.3 Å². The van der Waals surface area contributed by atoms with Crippen LogP contribution in [-0.2, 0) is 0 Å². The minimum absolute atomic E-state index is 0.355. The van der Waals surface area contributed by atoms with Crippen LogP contribution in [0.25, 0.3) is 0 Å². The second kappa shape index (κ2) is 5.39. The average Bonchev–Trinajstić information content (AvgIpc) is 2.26. The number of ether oxygens (including phenoxy) is 1. The molecule has 0 radical (unpaired) electrons. The van der Waals surface area contributed by atoms with E-state index in [1.54, 1.807) is 31.2 Å². The summed E-state index contributed by atoms with van der Waals surface area (Å²) in [4.78, 5) is 8.17. The summed E-state index contributed by atoms with van der Waals surface area (Å²) in [5, 5.41) is 0.973. The van der Waals surface area contributed by atoms with Crippen molar-refractivity contribution < 1.29 is 4.74 Å². The molecule has 0 aliphatic rings. The maximum atomic E-state index is 5.88. The summed E-state index contributed by atoms with van der Waals surface area (Å²) in [5.74, 6) is 7.14. The molecule has 0 fully saturated rings. The lowest BCUT2D eigenvalue weighted by Gasteiger charge is -2.08. The molecule has 0 saturated heterocycles. The van der Waals surface area contributed by atoms with Crippen LogP contribution in [0.5, 0.6) is 11.6 Å². The highest BCUT2D eigenvalue weighted by Gasteiger charge is 2.05. The number of nitrogen functional groups attached to an aromatic ring is 1. The van der Waals surface area contributed by atoms with E-state index in [4.69, 9.17) is 33.8 Å². The summed E-state index contributed by atoms with van der Waals surface area (Å²) in [6.45, 7) is 1.73. The molecule has 1 heterocycles. The van der Waals surface area contributed by atoms with Crippen molar-refractivity contribution in [3.8, 4) is 11.6 Å². The van der Waals surface area contributed by atoms with E-state index in [1.807, 2.05) is 0 Å². The van der Waals surface area contributed by atoms with Crippen molar-refractivity contribution >= 4 is 29.0 Å². The third kappa shape index (κ3) is 3.22. The van der Waals surface area contributed by atoms with Gasteiger partial charge >= 0.3 is 0 Å². The number of nitrogens with one attached hydrogen (secondary N) is 1. The van der Waals surface area contributed by atoms with Gasteiger partial charge in [-0.1, -0.05) is 23.2 Å². The number of nitrogens with two attached hydrogens (primary N) is 1. The van der Waals surface area contributed by atoms with Crippen LogP contribution in [-0.4, -0.2) is 9.97 Å². The molecule has 0 aliphatic heterocycles. The predicted octanol–water partition coefficient (Wildman–Crippen LogP) is 3.17. The first-order valence-electron chi connectivity index (χ1n) is 5.03. The van der Waals surface area contributed by atoms with E-state index in [1.165, 1.54) is 0 Å². The second-order valence-electron chi connectivity index (χ2n) is 3.49. The largest absolute Gasteiger partial charge is 0.439 e. The Morgan fingerprint density at radius 2 is 1.78 bits per heavy atom. The number of anilines is 1. The first kappa shape index (κ1) is 12.9. The zero-order valence-corrected chi connectivity index (χ0v) is 11.0. The van der Waals surface area contributed by atoms with Gasteiger partial charge in [-0.05, 0) is 25.1 Å². The Hall–Kier alpha value is -1.56. The van der Waals surface area contributed by atoms with Gasteiger partial charge in [-0.15, -0.1) is 0 Å². The lowest BCUT2D eigenvalue weighted by atomic mass is 10.3. The van der Waals surface area contributed by atoms with Crippen LogP contribution in [0.15, 0.2) is 24.3 Å². The molecular formula is C11H10Cl2N4O. The number of rotatable bonds is 3. The molecule has 1 aromatic heterocycles. The van der Waals surface area contributed by atoms with Crippen LogP contribution in [0.4, 0.5) is 5.82 Å². The Balaban J connectivity index is 2.30. The van der Waals surface area contributed by atoms with E-state index >= 15 is 0 Å². The fourth-order valence-electron chi connectivity index (χ4n) is 1.37.